The molecule has 0 aliphatic heterocycles. The van der Waals surface area contributed by atoms with E-state index in [1.165, 1.54) is 12.8 Å². The van der Waals surface area contributed by atoms with Crippen molar-refractivity contribution in [3.05, 3.63) is 0 Å². The smallest absolute Gasteiger partial charge is 0.275 e. The lowest BCUT2D eigenvalue weighted by molar-refractivity contribution is -0.882. The first-order valence-electron chi connectivity index (χ1n) is 5.59. The molecule has 4 heteroatoms. The molecular weight excluding hydrogens is 208 g/mol. The molecule has 0 fully saturated rings. The number of hydrogen-bond donors (Lipinski definition) is 1. The summed E-state index contributed by atoms with van der Waals surface area (Å²) < 4.78 is 0.791. The number of hydrogen-bond acceptors (Lipinski definition) is 2. The third-order valence-electron chi connectivity index (χ3n) is 2.32. The average Bonchev–Trinajstić information content (AvgIpc) is 2.14. The van der Waals surface area contributed by atoms with E-state index in [4.69, 9.17) is 0 Å². The minimum absolute atomic E-state index is 0.171. The number of amides is 1. The standard InChI is InChI=1S/C11H24N2OS/c1-5-6-8-13(2,3)10-11(14)12-7-9-15-4/h5-10H2,1-4H3/p+1. The minimum Gasteiger partial charge on any atom is -0.350 e. The maximum absolute atomic E-state index is 11.6. The lowest BCUT2D eigenvalue weighted by atomic mass is 10.3. The van der Waals surface area contributed by atoms with Crippen LogP contribution < -0.4 is 5.32 Å². The molecule has 15 heavy (non-hydrogen) atoms. The first-order chi connectivity index (χ1) is 7.02. The summed E-state index contributed by atoms with van der Waals surface area (Å²) in [5, 5.41) is 2.94. The van der Waals surface area contributed by atoms with E-state index in [2.05, 4.69) is 26.3 Å². The van der Waals surface area contributed by atoms with Crippen molar-refractivity contribution in [3.8, 4) is 0 Å². The second-order valence-electron chi connectivity index (χ2n) is 4.51. The van der Waals surface area contributed by atoms with Crippen LogP contribution >= 0.6 is 11.8 Å². The molecule has 0 saturated carbocycles. The van der Waals surface area contributed by atoms with Crippen molar-refractivity contribution in [2.75, 3.05) is 45.7 Å². The number of quaternary nitrogens is 1. The molecule has 0 heterocycles. The van der Waals surface area contributed by atoms with Crippen molar-refractivity contribution in [1.82, 2.24) is 5.32 Å². The zero-order valence-electron chi connectivity index (χ0n) is 10.5. The molecule has 90 valence electrons. The van der Waals surface area contributed by atoms with Gasteiger partial charge in [0.05, 0.1) is 20.6 Å². The molecule has 0 radical (unpaired) electrons. The van der Waals surface area contributed by atoms with E-state index in [1.54, 1.807) is 11.8 Å². The summed E-state index contributed by atoms with van der Waals surface area (Å²) in [5.41, 5.74) is 0. The molecule has 1 N–H and O–H groups in total. The van der Waals surface area contributed by atoms with Crippen LogP contribution in [0.1, 0.15) is 19.8 Å². The normalized spacial score (nSPS) is 11.5. The molecule has 0 aliphatic rings. The van der Waals surface area contributed by atoms with Gasteiger partial charge >= 0.3 is 0 Å². The van der Waals surface area contributed by atoms with Crippen LogP contribution in [0.2, 0.25) is 0 Å². The van der Waals surface area contributed by atoms with Crippen LogP contribution in [-0.4, -0.2) is 56.1 Å². The van der Waals surface area contributed by atoms with Gasteiger partial charge in [0.15, 0.2) is 6.54 Å². The van der Waals surface area contributed by atoms with Gasteiger partial charge in [-0.1, -0.05) is 13.3 Å². The molecule has 3 nitrogen and oxygen atoms in total. The average molecular weight is 233 g/mol. The lowest BCUT2D eigenvalue weighted by Crippen LogP contribution is -2.48. The van der Waals surface area contributed by atoms with Crippen LogP contribution in [0.25, 0.3) is 0 Å². The number of nitrogens with one attached hydrogen (secondary N) is 1. The van der Waals surface area contributed by atoms with Crippen LogP contribution in [0.15, 0.2) is 0 Å². The summed E-state index contributed by atoms with van der Waals surface area (Å²) in [6.07, 6.45) is 4.42. The molecule has 0 saturated heterocycles. The zero-order chi connectivity index (χ0) is 11.7. The monoisotopic (exact) mass is 233 g/mol. The Morgan fingerprint density at radius 3 is 2.60 bits per heavy atom. The molecule has 0 aromatic rings. The van der Waals surface area contributed by atoms with E-state index >= 15 is 0 Å². The third-order valence-corrected chi connectivity index (χ3v) is 2.93. The molecule has 0 aromatic carbocycles. The highest BCUT2D eigenvalue weighted by Crippen LogP contribution is 2.00. The van der Waals surface area contributed by atoms with E-state index in [1.807, 2.05) is 6.26 Å². The number of carbonyl (C=O) groups is 1. The maximum Gasteiger partial charge on any atom is 0.275 e. The lowest BCUT2D eigenvalue weighted by Gasteiger charge is -2.28. The molecule has 0 spiro atoms. The maximum atomic E-state index is 11.6. The molecular formula is C11H25N2OS+. The highest BCUT2D eigenvalue weighted by atomic mass is 32.2. The van der Waals surface area contributed by atoms with Gasteiger partial charge in [-0.2, -0.15) is 11.8 Å². The number of rotatable bonds is 8. The van der Waals surface area contributed by atoms with Crippen molar-refractivity contribution in [2.45, 2.75) is 19.8 Å². The van der Waals surface area contributed by atoms with Crippen molar-refractivity contribution >= 4 is 17.7 Å². The second kappa shape index (κ2) is 7.99. The van der Waals surface area contributed by atoms with E-state index in [0.717, 1.165) is 23.3 Å². The van der Waals surface area contributed by atoms with Crippen molar-refractivity contribution in [3.63, 3.8) is 0 Å². The molecule has 1 amide bonds. The quantitative estimate of drug-likeness (QED) is 0.506. The number of carbonyl (C=O) groups excluding carboxylic acids is 1. The van der Waals surface area contributed by atoms with E-state index in [9.17, 15) is 4.79 Å². The fourth-order valence-electron chi connectivity index (χ4n) is 1.40. The Balaban J connectivity index is 3.72. The van der Waals surface area contributed by atoms with Gasteiger partial charge in [-0.05, 0) is 12.7 Å². The van der Waals surface area contributed by atoms with Gasteiger partial charge in [0.1, 0.15) is 0 Å². The summed E-state index contributed by atoms with van der Waals surface area (Å²) in [4.78, 5) is 11.6. The second-order valence-corrected chi connectivity index (χ2v) is 5.50. The van der Waals surface area contributed by atoms with Gasteiger partial charge in [-0.15, -0.1) is 0 Å². The molecule has 0 aromatic heterocycles. The topological polar surface area (TPSA) is 29.1 Å². The summed E-state index contributed by atoms with van der Waals surface area (Å²) >= 11 is 1.76. The Labute approximate surface area is 98.2 Å². The van der Waals surface area contributed by atoms with E-state index < -0.39 is 0 Å². The highest BCUT2D eigenvalue weighted by Gasteiger charge is 2.18. The Morgan fingerprint density at radius 2 is 2.07 bits per heavy atom. The van der Waals surface area contributed by atoms with Crippen molar-refractivity contribution in [1.29, 1.82) is 0 Å². The summed E-state index contributed by atoms with van der Waals surface area (Å²) in [6.45, 7) is 4.63. The largest absolute Gasteiger partial charge is 0.350 e. The SMILES string of the molecule is CCCC[N+](C)(C)CC(=O)NCCSC. The molecule has 0 aliphatic carbocycles. The fourth-order valence-corrected chi connectivity index (χ4v) is 1.71. The van der Waals surface area contributed by atoms with Crippen LogP contribution in [0.3, 0.4) is 0 Å². The molecule has 0 atom stereocenters. The first kappa shape index (κ1) is 14.8. The molecule has 0 bridgehead atoms. The predicted octanol–water partition coefficient (Wildman–Crippen LogP) is 1.34. The minimum atomic E-state index is 0.171. The number of thioether (sulfide) groups is 1. The number of nitrogens with zero attached hydrogens (tertiary/aromatic N) is 1. The Hall–Kier alpha value is -0.220. The van der Waals surface area contributed by atoms with Gasteiger partial charge in [0.25, 0.3) is 5.91 Å². The molecule has 0 rings (SSSR count). The first-order valence-corrected chi connectivity index (χ1v) is 6.99. The Bertz CT molecular complexity index is 183. The van der Waals surface area contributed by atoms with Gasteiger partial charge in [0, 0.05) is 12.3 Å². The van der Waals surface area contributed by atoms with Crippen LogP contribution in [-0.2, 0) is 4.79 Å². The van der Waals surface area contributed by atoms with Gasteiger partial charge in [-0.3, -0.25) is 4.79 Å². The van der Waals surface area contributed by atoms with Crippen molar-refractivity contribution < 1.29 is 9.28 Å². The van der Waals surface area contributed by atoms with Gasteiger partial charge in [0.2, 0.25) is 0 Å². The van der Waals surface area contributed by atoms with E-state index in [0.29, 0.717) is 6.54 Å². The molecule has 0 unspecified atom stereocenters. The van der Waals surface area contributed by atoms with Gasteiger partial charge in [-0.25, -0.2) is 0 Å². The predicted molar refractivity (Wildman–Crippen MR) is 68.1 cm³/mol. The zero-order valence-corrected chi connectivity index (χ0v) is 11.3. The summed E-state index contributed by atoms with van der Waals surface area (Å²) in [6, 6.07) is 0. The fraction of sp³-hybridized carbons (Fsp3) is 0.909. The third kappa shape index (κ3) is 8.75. The van der Waals surface area contributed by atoms with Crippen molar-refractivity contribution in [2.24, 2.45) is 0 Å². The van der Waals surface area contributed by atoms with Crippen LogP contribution in [0.4, 0.5) is 0 Å². The summed E-state index contributed by atoms with van der Waals surface area (Å²) in [5.74, 6) is 1.17. The van der Waals surface area contributed by atoms with Gasteiger partial charge < -0.3 is 9.80 Å². The summed E-state index contributed by atoms with van der Waals surface area (Å²) in [7, 11) is 4.23. The Morgan fingerprint density at radius 1 is 1.40 bits per heavy atom. The number of unbranched alkanes of at least 4 members (excludes halogenated alkanes) is 1. The van der Waals surface area contributed by atoms with E-state index in [-0.39, 0.29) is 5.91 Å². The van der Waals surface area contributed by atoms with Crippen LogP contribution in [0, 0.1) is 0 Å². The number of likely N-dealkylation sites (N-methyl/N-ethyl adjacent to an activating group) is 1. The highest BCUT2D eigenvalue weighted by molar-refractivity contribution is 7.98. The Kier molecular flexibility index (Phi) is 7.88. The van der Waals surface area contributed by atoms with Crippen LogP contribution in [0.5, 0.6) is 0 Å².